The minimum atomic E-state index is -0.602. The fourth-order valence-corrected chi connectivity index (χ4v) is 3.38. The molecular weight excluding hydrogens is 396 g/mol. The van der Waals surface area contributed by atoms with Crippen molar-refractivity contribution in [3.63, 3.8) is 0 Å². The molecule has 2 rings (SSSR count). The van der Waals surface area contributed by atoms with E-state index in [1.165, 1.54) is 0 Å². The van der Waals surface area contributed by atoms with Crippen LogP contribution < -0.4 is 15.4 Å². The average molecular weight is 421 g/mol. The van der Waals surface area contributed by atoms with Crippen LogP contribution in [0.25, 0.3) is 0 Å². The van der Waals surface area contributed by atoms with Crippen LogP contribution in [-0.2, 0) is 4.79 Å². The molecule has 0 aliphatic carbocycles. The second-order valence-corrected chi connectivity index (χ2v) is 8.12. The van der Waals surface area contributed by atoms with Crippen LogP contribution >= 0.6 is 23.4 Å². The number of nitrogens with one attached hydrogen (secondary N) is 2. The number of ether oxygens (including phenoxy) is 1. The molecule has 5 nitrogen and oxygen atoms in total. The molecule has 2 N–H and O–H groups in total. The zero-order valence-electron chi connectivity index (χ0n) is 16.2. The summed E-state index contributed by atoms with van der Waals surface area (Å²) in [7, 11) is 1.57. The molecule has 2 aromatic rings. The normalized spacial score (nSPS) is 11.8. The summed E-state index contributed by atoms with van der Waals surface area (Å²) in [5, 5.41) is 6.42. The van der Waals surface area contributed by atoms with Crippen molar-refractivity contribution < 1.29 is 14.3 Å². The highest BCUT2D eigenvalue weighted by molar-refractivity contribution is 7.99. The van der Waals surface area contributed by atoms with Crippen molar-refractivity contribution in [2.24, 2.45) is 5.92 Å². The first kappa shape index (κ1) is 22.1. The van der Waals surface area contributed by atoms with Gasteiger partial charge in [0.1, 0.15) is 11.8 Å². The van der Waals surface area contributed by atoms with Gasteiger partial charge in [0, 0.05) is 27.8 Å². The van der Waals surface area contributed by atoms with Crippen molar-refractivity contribution in [3.8, 4) is 5.75 Å². The number of rotatable bonds is 9. The molecule has 28 heavy (non-hydrogen) atoms. The lowest BCUT2D eigenvalue weighted by Gasteiger charge is -2.21. The highest BCUT2D eigenvalue weighted by atomic mass is 35.5. The summed E-state index contributed by atoms with van der Waals surface area (Å²) in [6, 6.07) is 13.7. The van der Waals surface area contributed by atoms with E-state index < -0.39 is 6.04 Å². The Balaban J connectivity index is 1.84. The summed E-state index contributed by atoms with van der Waals surface area (Å²) in [6.45, 7) is 4.32. The van der Waals surface area contributed by atoms with Crippen molar-refractivity contribution in [2.75, 3.05) is 19.4 Å². The third-order valence-electron chi connectivity index (χ3n) is 4.07. The number of halogens is 1. The van der Waals surface area contributed by atoms with Gasteiger partial charge < -0.3 is 15.4 Å². The lowest BCUT2D eigenvalue weighted by Crippen LogP contribution is -2.50. The predicted octanol–water partition coefficient (Wildman–Crippen LogP) is 4.01. The first-order valence-corrected chi connectivity index (χ1v) is 10.4. The maximum atomic E-state index is 12.5. The van der Waals surface area contributed by atoms with Crippen LogP contribution in [0.2, 0.25) is 5.02 Å². The van der Waals surface area contributed by atoms with E-state index in [-0.39, 0.29) is 17.7 Å². The third-order valence-corrected chi connectivity index (χ3v) is 5.34. The molecule has 0 heterocycles. The molecule has 0 saturated heterocycles. The van der Waals surface area contributed by atoms with Gasteiger partial charge in [0.05, 0.1) is 7.11 Å². The topological polar surface area (TPSA) is 67.4 Å². The molecule has 0 aliphatic heterocycles. The van der Waals surface area contributed by atoms with Gasteiger partial charge in [-0.25, -0.2) is 0 Å². The molecule has 2 amide bonds. The number of carbonyl (C=O) groups excluding carboxylic acids is 2. The summed E-state index contributed by atoms with van der Waals surface area (Å²) >= 11 is 7.51. The second-order valence-electron chi connectivity index (χ2n) is 6.52. The monoisotopic (exact) mass is 420 g/mol. The molecule has 0 fully saturated rings. The average Bonchev–Trinajstić information content (AvgIpc) is 2.70. The Labute approximate surface area is 175 Å². The Morgan fingerprint density at radius 2 is 1.71 bits per heavy atom. The molecule has 150 valence electrons. The highest BCUT2D eigenvalue weighted by Crippen LogP contribution is 2.19. The molecule has 2 aromatic carbocycles. The fraction of sp³-hybridized carbons (Fsp3) is 0.333. The summed E-state index contributed by atoms with van der Waals surface area (Å²) in [5.74, 6) is 0.893. The molecule has 1 atom stereocenters. The molecule has 0 aromatic heterocycles. The van der Waals surface area contributed by atoms with Gasteiger partial charge in [0.15, 0.2) is 0 Å². The van der Waals surface area contributed by atoms with Crippen LogP contribution in [0, 0.1) is 5.92 Å². The first-order valence-electron chi connectivity index (χ1n) is 9.01. The summed E-state index contributed by atoms with van der Waals surface area (Å²) in [5.41, 5.74) is 0.484. The van der Waals surface area contributed by atoms with Crippen LogP contribution in [0.5, 0.6) is 5.75 Å². The fourth-order valence-electron chi connectivity index (χ4n) is 2.49. The van der Waals surface area contributed by atoms with E-state index >= 15 is 0 Å². The Morgan fingerprint density at radius 3 is 2.29 bits per heavy atom. The molecule has 7 heteroatoms. The van der Waals surface area contributed by atoms with Gasteiger partial charge in [0.2, 0.25) is 5.91 Å². The quantitative estimate of drug-likeness (QED) is 0.475. The number of thioether (sulfide) groups is 1. The Bertz CT molecular complexity index is 779. The molecule has 0 saturated carbocycles. The number of hydrogen-bond acceptors (Lipinski definition) is 4. The molecule has 0 bridgehead atoms. The molecular formula is C21H25ClN2O3S. The van der Waals surface area contributed by atoms with E-state index in [1.807, 2.05) is 38.1 Å². The lowest BCUT2D eigenvalue weighted by atomic mass is 10.0. The smallest absolute Gasteiger partial charge is 0.251 e. The number of carbonyl (C=O) groups is 2. The molecule has 0 unspecified atom stereocenters. The largest absolute Gasteiger partial charge is 0.497 e. The third kappa shape index (κ3) is 6.77. The summed E-state index contributed by atoms with van der Waals surface area (Å²) < 4.78 is 5.09. The zero-order valence-corrected chi connectivity index (χ0v) is 17.8. The van der Waals surface area contributed by atoms with E-state index in [2.05, 4.69) is 10.6 Å². The van der Waals surface area contributed by atoms with Gasteiger partial charge in [0.25, 0.3) is 5.91 Å². The van der Waals surface area contributed by atoms with E-state index in [0.29, 0.717) is 22.9 Å². The summed E-state index contributed by atoms with van der Waals surface area (Å²) in [4.78, 5) is 26.1. The minimum Gasteiger partial charge on any atom is -0.497 e. The van der Waals surface area contributed by atoms with Crippen LogP contribution in [0.4, 0.5) is 0 Å². The number of benzene rings is 2. The zero-order chi connectivity index (χ0) is 20.5. The van der Waals surface area contributed by atoms with E-state index in [9.17, 15) is 9.59 Å². The number of amides is 2. The van der Waals surface area contributed by atoms with E-state index in [1.54, 1.807) is 43.1 Å². The van der Waals surface area contributed by atoms with Crippen LogP contribution in [-0.4, -0.2) is 37.3 Å². The van der Waals surface area contributed by atoms with Gasteiger partial charge in [-0.1, -0.05) is 25.4 Å². The highest BCUT2D eigenvalue weighted by Gasteiger charge is 2.24. The standard InChI is InChI=1S/C21H25ClN2O3S/c1-14(2)19(24-20(25)15-4-8-17(27-3)9-5-15)21(26)23-12-13-28-18-10-6-16(22)7-11-18/h4-11,14,19H,12-13H2,1-3H3,(H,23,26)(H,24,25)/t19-/m0/s1. The maximum absolute atomic E-state index is 12.5. The molecule has 0 aliphatic rings. The van der Waals surface area contributed by atoms with Crippen molar-refractivity contribution in [3.05, 3.63) is 59.1 Å². The SMILES string of the molecule is COc1ccc(C(=O)N[C@H](C(=O)NCCSc2ccc(Cl)cc2)C(C)C)cc1. The molecule has 0 spiro atoms. The van der Waals surface area contributed by atoms with Crippen LogP contribution in [0.3, 0.4) is 0 Å². The van der Waals surface area contributed by atoms with Crippen molar-refractivity contribution in [2.45, 2.75) is 24.8 Å². The van der Waals surface area contributed by atoms with E-state index in [0.717, 1.165) is 10.6 Å². The maximum Gasteiger partial charge on any atom is 0.251 e. The Hall–Kier alpha value is -2.18. The van der Waals surface area contributed by atoms with Gasteiger partial charge in [-0.05, 0) is 54.4 Å². The predicted molar refractivity (Wildman–Crippen MR) is 114 cm³/mol. The van der Waals surface area contributed by atoms with Crippen molar-refractivity contribution >= 4 is 35.2 Å². The molecule has 0 radical (unpaired) electrons. The Morgan fingerprint density at radius 1 is 1.07 bits per heavy atom. The second kappa shape index (κ2) is 11.0. The number of hydrogen-bond donors (Lipinski definition) is 2. The number of methoxy groups -OCH3 is 1. The van der Waals surface area contributed by atoms with Crippen molar-refractivity contribution in [1.82, 2.24) is 10.6 Å². The van der Waals surface area contributed by atoms with Crippen LogP contribution in [0.15, 0.2) is 53.4 Å². The Kier molecular flexibility index (Phi) is 8.67. The lowest BCUT2D eigenvalue weighted by molar-refractivity contribution is -0.123. The van der Waals surface area contributed by atoms with E-state index in [4.69, 9.17) is 16.3 Å². The van der Waals surface area contributed by atoms with Gasteiger partial charge in [-0.3, -0.25) is 9.59 Å². The van der Waals surface area contributed by atoms with Crippen molar-refractivity contribution in [1.29, 1.82) is 0 Å². The van der Waals surface area contributed by atoms with Gasteiger partial charge >= 0.3 is 0 Å². The first-order chi connectivity index (χ1) is 13.4. The minimum absolute atomic E-state index is 0.0360. The van der Waals surface area contributed by atoms with Crippen LogP contribution in [0.1, 0.15) is 24.2 Å². The van der Waals surface area contributed by atoms with Gasteiger partial charge in [-0.2, -0.15) is 0 Å². The summed E-state index contributed by atoms with van der Waals surface area (Å²) in [6.07, 6.45) is 0. The van der Waals surface area contributed by atoms with Gasteiger partial charge in [-0.15, -0.1) is 11.8 Å².